The molecule has 0 aliphatic heterocycles. The molecule has 2 heterocycles. The third-order valence-corrected chi connectivity index (χ3v) is 6.37. The van der Waals surface area contributed by atoms with Crippen LogP contribution in [0.5, 0.6) is 0 Å². The van der Waals surface area contributed by atoms with Crippen molar-refractivity contribution in [1.82, 2.24) is 0 Å². The minimum absolute atomic E-state index is 1.29. The second-order valence-electron chi connectivity index (χ2n) is 5.87. The molecule has 0 aliphatic carbocycles. The summed E-state index contributed by atoms with van der Waals surface area (Å²) in [6, 6.07) is 26.2. The highest BCUT2D eigenvalue weighted by Gasteiger charge is 2.09. The first-order valence-corrected chi connectivity index (χ1v) is 9.69. The molecule has 0 atom stereocenters. The molecule has 0 spiro atoms. The Bertz CT molecular complexity index is 1070. The highest BCUT2D eigenvalue weighted by atomic mass is 32.1. The summed E-state index contributed by atoms with van der Waals surface area (Å²) in [6.07, 6.45) is 0. The van der Waals surface area contributed by atoms with Crippen molar-refractivity contribution in [1.29, 1.82) is 0 Å². The predicted molar refractivity (Wildman–Crippen MR) is 108 cm³/mol. The fourth-order valence-corrected chi connectivity index (χ4v) is 5.20. The standard InChI is InChI=1S/C22H14S2/c1-3-10-21-17(8-1)19(13-23-21)15-6-5-7-16(12-15)20-14-24-22-11-4-2-9-18(20)22/h1-14H. The van der Waals surface area contributed by atoms with Crippen LogP contribution in [0.2, 0.25) is 0 Å². The van der Waals surface area contributed by atoms with Gasteiger partial charge in [-0.15, -0.1) is 22.7 Å². The summed E-state index contributed by atoms with van der Waals surface area (Å²) in [5, 5.41) is 7.23. The van der Waals surface area contributed by atoms with Gasteiger partial charge in [0.1, 0.15) is 0 Å². The molecule has 0 saturated heterocycles. The molecule has 0 nitrogen and oxygen atoms in total. The topological polar surface area (TPSA) is 0 Å². The Balaban J connectivity index is 1.69. The van der Waals surface area contributed by atoms with E-state index in [0.717, 1.165) is 0 Å². The maximum Gasteiger partial charge on any atom is 0.0349 e. The van der Waals surface area contributed by atoms with Gasteiger partial charge in [0, 0.05) is 31.3 Å². The van der Waals surface area contributed by atoms with Crippen LogP contribution in [0.1, 0.15) is 0 Å². The van der Waals surface area contributed by atoms with Gasteiger partial charge in [0.15, 0.2) is 0 Å². The van der Waals surface area contributed by atoms with Crippen LogP contribution in [0, 0.1) is 0 Å². The molecule has 0 amide bonds. The molecule has 5 rings (SSSR count). The SMILES string of the molecule is c1cc(-c2csc3ccccc23)cc(-c2csc3ccccc23)c1. The van der Waals surface area contributed by atoms with Gasteiger partial charge in [-0.05, 0) is 40.1 Å². The Morgan fingerprint density at radius 1 is 0.500 bits per heavy atom. The lowest BCUT2D eigenvalue weighted by Gasteiger charge is -2.05. The zero-order valence-electron chi connectivity index (χ0n) is 12.9. The monoisotopic (exact) mass is 342 g/mol. The van der Waals surface area contributed by atoms with Crippen LogP contribution in [0.4, 0.5) is 0 Å². The van der Waals surface area contributed by atoms with E-state index in [1.807, 2.05) is 22.7 Å². The van der Waals surface area contributed by atoms with Gasteiger partial charge in [0.25, 0.3) is 0 Å². The smallest absolute Gasteiger partial charge is 0.0349 e. The van der Waals surface area contributed by atoms with E-state index in [1.54, 1.807) is 0 Å². The Morgan fingerprint density at radius 3 is 1.54 bits per heavy atom. The van der Waals surface area contributed by atoms with Crippen molar-refractivity contribution in [3.8, 4) is 22.3 Å². The summed E-state index contributed by atoms with van der Waals surface area (Å²) in [6.45, 7) is 0. The molecule has 5 aromatic rings. The predicted octanol–water partition coefficient (Wildman–Crippen LogP) is 7.45. The number of rotatable bonds is 2. The molecule has 0 fully saturated rings. The molecular formula is C22H14S2. The number of thiophene rings is 2. The summed E-state index contributed by atoms with van der Waals surface area (Å²) in [5.74, 6) is 0. The van der Waals surface area contributed by atoms with E-state index in [0.29, 0.717) is 0 Å². The van der Waals surface area contributed by atoms with Gasteiger partial charge in [0.2, 0.25) is 0 Å². The van der Waals surface area contributed by atoms with Crippen LogP contribution in [0.15, 0.2) is 83.6 Å². The number of fused-ring (bicyclic) bond motifs is 2. The summed E-state index contributed by atoms with van der Waals surface area (Å²) >= 11 is 3.63. The fraction of sp³-hybridized carbons (Fsp3) is 0. The van der Waals surface area contributed by atoms with Crippen LogP contribution in [-0.4, -0.2) is 0 Å². The third-order valence-electron chi connectivity index (χ3n) is 4.45. The van der Waals surface area contributed by atoms with Gasteiger partial charge in [-0.2, -0.15) is 0 Å². The van der Waals surface area contributed by atoms with Gasteiger partial charge in [-0.25, -0.2) is 0 Å². The molecule has 2 heteroatoms. The Kier molecular flexibility index (Phi) is 3.25. The maximum atomic E-state index is 2.32. The molecule has 0 N–H and O–H groups in total. The Hall–Kier alpha value is -2.42. The van der Waals surface area contributed by atoms with E-state index >= 15 is 0 Å². The molecule has 0 radical (unpaired) electrons. The third kappa shape index (κ3) is 2.19. The minimum Gasteiger partial charge on any atom is -0.143 e. The van der Waals surface area contributed by atoms with Crippen molar-refractivity contribution in [2.75, 3.05) is 0 Å². The maximum absolute atomic E-state index is 2.32. The van der Waals surface area contributed by atoms with Crippen LogP contribution in [-0.2, 0) is 0 Å². The molecule has 3 aromatic carbocycles. The lowest BCUT2D eigenvalue weighted by molar-refractivity contribution is 1.67. The second kappa shape index (κ2) is 5.59. The summed E-state index contributed by atoms with van der Waals surface area (Å²) < 4.78 is 2.69. The quantitative estimate of drug-likeness (QED) is 0.312. The van der Waals surface area contributed by atoms with E-state index in [2.05, 4.69) is 83.6 Å². The van der Waals surface area contributed by atoms with Gasteiger partial charge < -0.3 is 0 Å². The van der Waals surface area contributed by atoms with E-state index in [1.165, 1.54) is 42.4 Å². The van der Waals surface area contributed by atoms with Gasteiger partial charge >= 0.3 is 0 Å². The van der Waals surface area contributed by atoms with Crippen molar-refractivity contribution in [2.24, 2.45) is 0 Å². The normalized spacial score (nSPS) is 11.3. The number of hydrogen-bond donors (Lipinski definition) is 0. The zero-order valence-corrected chi connectivity index (χ0v) is 14.5. The van der Waals surface area contributed by atoms with E-state index in [-0.39, 0.29) is 0 Å². The van der Waals surface area contributed by atoms with Crippen LogP contribution < -0.4 is 0 Å². The van der Waals surface area contributed by atoms with Crippen molar-refractivity contribution in [2.45, 2.75) is 0 Å². The second-order valence-corrected chi connectivity index (χ2v) is 7.69. The lowest BCUT2D eigenvalue weighted by Crippen LogP contribution is -1.79. The van der Waals surface area contributed by atoms with Crippen LogP contribution >= 0.6 is 22.7 Å². The highest BCUT2D eigenvalue weighted by Crippen LogP contribution is 2.38. The largest absolute Gasteiger partial charge is 0.143 e. The zero-order chi connectivity index (χ0) is 15.9. The molecule has 0 saturated carbocycles. The van der Waals surface area contributed by atoms with Crippen molar-refractivity contribution >= 4 is 42.8 Å². The van der Waals surface area contributed by atoms with Gasteiger partial charge in [0.05, 0.1) is 0 Å². The molecule has 24 heavy (non-hydrogen) atoms. The van der Waals surface area contributed by atoms with Crippen molar-refractivity contribution in [3.05, 3.63) is 83.6 Å². The Labute approximate surface area is 148 Å². The molecule has 2 aromatic heterocycles. The molecule has 0 unspecified atom stereocenters. The number of hydrogen-bond acceptors (Lipinski definition) is 2. The minimum atomic E-state index is 1.29. The van der Waals surface area contributed by atoms with E-state index < -0.39 is 0 Å². The summed E-state index contributed by atoms with van der Waals surface area (Å²) in [5.41, 5.74) is 5.24. The van der Waals surface area contributed by atoms with Gasteiger partial charge in [-0.3, -0.25) is 0 Å². The lowest BCUT2D eigenvalue weighted by atomic mass is 9.98. The first-order valence-electron chi connectivity index (χ1n) is 7.93. The fourth-order valence-electron chi connectivity index (χ4n) is 3.26. The van der Waals surface area contributed by atoms with Crippen LogP contribution in [0.25, 0.3) is 42.4 Å². The average Bonchev–Trinajstić information content (AvgIpc) is 3.26. The average molecular weight is 342 g/mol. The first-order chi connectivity index (χ1) is 11.9. The van der Waals surface area contributed by atoms with Gasteiger partial charge in [-0.1, -0.05) is 54.6 Å². The molecule has 114 valence electrons. The number of benzene rings is 3. The van der Waals surface area contributed by atoms with E-state index in [9.17, 15) is 0 Å². The Morgan fingerprint density at radius 2 is 1.00 bits per heavy atom. The summed E-state index contributed by atoms with van der Waals surface area (Å²) in [4.78, 5) is 0. The van der Waals surface area contributed by atoms with Crippen LogP contribution in [0.3, 0.4) is 0 Å². The molecule has 0 bridgehead atoms. The summed E-state index contributed by atoms with van der Waals surface area (Å²) in [7, 11) is 0. The highest BCUT2D eigenvalue weighted by molar-refractivity contribution is 7.18. The first kappa shape index (κ1) is 14.0. The van der Waals surface area contributed by atoms with Crippen molar-refractivity contribution in [3.63, 3.8) is 0 Å². The molecular weight excluding hydrogens is 328 g/mol. The van der Waals surface area contributed by atoms with E-state index in [4.69, 9.17) is 0 Å². The molecule has 0 aliphatic rings. The van der Waals surface area contributed by atoms with Crippen molar-refractivity contribution < 1.29 is 0 Å².